The van der Waals surface area contributed by atoms with Crippen LogP contribution in [0.25, 0.3) is 0 Å². The standard InChI is InChI=1S/C14H19N3OS/c1-10(18)13-6-7-17(16-13)8-12-9-19-14(15-12)11-4-2-3-5-11/h6-7,9-11,18H,2-5,8H2,1H3/t10-/m0/s1. The molecule has 5 heteroatoms. The number of aliphatic hydroxyl groups is 1. The lowest BCUT2D eigenvalue weighted by Gasteiger charge is -2.03. The summed E-state index contributed by atoms with van der Waals surface area (Å²) in [6.45, 7) is 2.42. The second kappa shape index (κ2) is 5.43. The van der Waals surface area contributed by atoms with Crippen molar-refractivity contribution >= 4 is 11.3 Å². The summed E-state index contributed by atoms with van der Waals surface area (Å²) in [6, 6.07) is 1.86. The van der Waals surface area contributed by atoms with Crippen LogP contribution < -0.4 is 0 Å². The zero-order valence-electron chi connectivity index (χ0n) is 11.1. The first-order valence-corrected chi connectivity index (χ1v) is 7.76. The van der Waals surface area contributed by atoms with Crippen LogP contribution in [0, 0.1) is 0 Å². The summed E-state index contributed by atoms with van der Waals surface area (Å²) in [6.07, 6.45) is 6.66. The third-order valence-corrected chi connectivity index (χ3v) is 4.74. The fourth-order valence-electron chi connectivity index (χ4n) is 2.61. The van der Waals surface area contributed by atoms with Crippen molar-refractivity contribution in [1.29, 1.82) is 0 Å². The SMILES string of the molecule is C[C@H](O)c1ccn(Cc2csc(C3CCCC3)n2)n1. The average Bonchev–Trinajstić information content (AvgIpc) is 3.09. The van der Waals surface area contributed by atoms with Crippen molar-refractivity contribution < 1.29 is 5.11 Å². The molecule has 4 nitrogen and oxygen atoms in total. The molecule has 1 aliphatic rings. The Kier molecular flexibility index (Phi) is 3.66. The van der Waals surface area contributed by atoms with Crippen molar-refractivity contribution in [2.24, 2.45) is 0 Å². The number of thiazole rings is 1. The van der Waals surface area contributed by atoms with Gasteiger partial charge in [0.05, 0.1) is 29.0 Å². The number of hydrogen-bond donors (Lipinski definition) is 1. The maximum absolute atomic E-state index is 9.46. The Morgan fingerprint density at radius 1 is 1.47 bits per heavy atom. The fraction of sp³-hybridized carbons (Fsp3) is 0.571. The van der Waals surface area contributed by atoms with E-state index in [0.717, 1.165) is 5.69 Å². The van der Waals surface area contributed by atoms with E-state index in [-0.39, 0.29) is 0 Å². The molecule has 2 heterocycles. The molecule has 2 aromatic rings. The molecule has 0 radical (unpaired) electrons. The van der Waals surface area contributed by atoms with Gasteiger partial charge in [0, 0.05) is 17.5 Å². The minimum absolute atomic E-state index is 0.509. The Morgan fingerprint density at radius 3 is 2.95 bits per heavy atom. The van der Waals surface area contributed by atoms with E-state index in [1.54, 1.807) is 18.3 Å². The van der Waals surface area contributed by atoms with Gasteiger partial charge in [-0.05, 0) is 25.8 Å². The topological polar surface area (TPSA) is 50.9 Å². The predicted octanol–water partition coefficient (Wildman–Crippen LogP) is 3.10. The molecule has 0 saturated heterocycles. The van der Waals surface area contributed by atoms with E-state index in [2.05, 4.69) is 10.5 Å². The van der Waals surface area contributed by atoms with Gasteiger partial charge in [0.1, 0.15) is 0 Å². The van der Waals surface area contributed by atoms with Crippen molar-refractivity contribution in [1.82, 2.24) is 14.8 Å². The van der Waals surface area contributed by atoms with Crippen molar-refractivity contribution in [3.63, 3.8) is 0 Å². The molecule has 2 aromatic heterocycles. The number of nitrogens with zero attached hydrogens (tertiary/aromatic N) is 3. The minimum atomic E-state index is -0.509. The third kappa shape index (κ3) is 2.87. The first-order valence-electron chi connectivity index (χ1n) is 6.88. The molecule has 102 valence electrons. The van der Waals surface area contributed by atoms with Crippen LogP contribution >= 0.6 is 11.3 Å². The molecule has 0 amide bonds. The summed E-state index contributed by atoms with van der Waals surface area (Å²) >= 11 is 1.78. The molecule has 0 aliphatic heterocycles. The van der Waals surface area contributed by atoms with Crippen LogP contribution in [-0.4, -0.2) is 19.9 Å². The number of rotatable bonds is 4. The van der Waals surface area contributed by atoms with Crippen LogP contribution in [0.4, 0.5) is 0 Å². The second-order valence-corrected chi connectivity index (χ2v) is 6.16. The van der Waals surface area contributed by atoms with E-state index in [1.165, 1.54) is 30.7 Å². The van der Waals surface area contributed by atoms with E-state index >= 15 is 0 Å². The third-order valence-electron chi connectivity index (χ3n) is 3.69. The van der Waals surface area contributed by atoms with Gasteiger partial charge < -0.3 is 5.11 Å². The lowest BCUT2D eigenvalue weighted by Crippen LogP contribution is -2.03. The molecule has 1 fully saturated rings. The van der Waals surface area contributed by atoms with Gasteiger partial charge >= 0.3 is 0 Å². The molecule has 1 N–H and O–H groups in total. The van der Waals surface area contributed by atoms with Crippen molar-refractivity contribution in [3.8, 4) is 0 Å². The summed E-state index contributed by atoms with van der Waals surface area (Å²) in [7, 11) is 0. The summed E-state index contributed by atoms with van der Waals surface area (Å²) in [5.41, 5.74) is 1.79. The average molecular weight is 277 g/mol. The van der Waals surface area contributed by atoms with Gasteiger partial charge in [-0.1, -0.05) is 12.8 Å². The highest BCUT2D eigenvalue weighted by Crippen LogP contribution is 2.35. The van der Waals surface area contributed by atoms with Crippen LogP contribution in [0.2, 0.25) is 0 Å². The molecule has 0 aromatic carbocycles. The minimum Gasteiger partial charge on any atom is -0.387 e. The Morgan fingerprint density at radius 2 is 2.26 bits per heavy atom. The highest BCUT2D eigenvalue weighted by atomic mass is 32.1. The highest BCUT2D eigenvalue weighted by molar-refractivity contribution is 7.09. The molecule has 3 rings (SSSR count). The normalized spacial score (nSPS) is 18.0. The van der Waals surface area contributed by atoms with Crippen LogP contribution in [0.5, 0.6) is 0 Å². The maximum atomic E-state index is 9.46. The van der Waals surface area contributed by atoms with Gasteiger partial charge in [0.25, 0.3) is 0 Å². The smallest absolute Gasteiger partial charge is 0.0960 e. The maximum Gasteiger partial charge on any atom is 0.0960 e. The van der Waals surface area contributed by atoms with E-state index in [9.17, 15) is 5.11 Å². The summed E-state index contributed by atoms with van der Waals surface area (Å²) in [5.74, 6) is 0.685. The monoisotopic (exact) mass is 277 g/mol. The van der Waals surface area contributed by atoms with Gasteiger partial charge in [-0.25, -0.2) is 4.98 Å². The first-order chi connectivity index (χ1) is 9.22. The van der Waals surface area contributed by atoms with Gasteiger partial charge in [0.2, 0.25) is 0 Å². The lowest BCUT2D eigenvalue weighted by molar-refractivity contribution is 0.193. The van der Waals surface area contributed by atoms with Crippen molar-refractivity contribution in [3.05, 3.63) is 34.0 Å². The van der Waals surface area contributed by atoms with Gasteiger partial charge in [-0.15, -0.1) is 11.3 Å². The van der Waals surface area contributed by atoms with Crippen LogP contribution in [-0.2, 0) is 6.54 Å². The molecular weight excluding hydrogens is 258 g/mol. The highest BCUT2D eigenvalue weighted by Gasteiger charge is 2.20. The summed E-state index contributed by atoms with van der Waals surface area (Å²) in [4.78, 5) is 4.74. The number of aliphatic hydroxyl groups excluding tert-OH is 1. The van der Waals surface area contributed by atoms with E-state index in [0.29, 0.717) is 18.2 Å². The molecular formula is C14H19N3OS. The zero-order valence-corrected chi connectivity index (χ0v) is 11.9. The van der Waals surface area contributed by atoms with Crippen LogP contribution in [0.15, 0.2) is 17.6 Å². The van der Waals surface area contributed by atoms with E-state index < -0.39 is 6.10 Å². The second-order valence-electron chi connectivity index (χ2n) is 5.27. The molecule has 0 unspecified atom stereocenters. The Labute approximate surface area is 117 Å². The molecule has 0 spiro atoms. The molecule has 19 heavy (non-hydrogen) atoms. The summed E-state index contributed by atoms with van der Waals surface area (Å²) < 4.78 is 1.84. The molecule has 0 bridgehead atoms. The zero-order chi connectivity index (χ0) is 13.2. The number of aromatic nitrogens is 3. The van der Waals surface area contributed by atoms with Crippen LogP contribution in [0.1, 0.15) is 61.0 Å². The molecule has 1 aliphatic carbocycles. The van der Waals surface area contributed by atoms with E-state index in [4.69, 9.17) is 4.98 Å². The van der Waals surface area contributed by atoms with Gasteiger partial charge in [0.15, 0.2) is 0 Å². The van der Waals surface area contributed by atoms with Gasteiger partial charge in [-0.2, -0.15) is 5.10 Å². The molecule has 1 atom stereocenters. The quantitative estimate of drug-likeness (QED) is 0.934. The van der Waals surface area contributed by atoms with Crippen molar-refractivity contribution in [2.45, 2.75) is 51.2 Å². The Hall–Kier alpha value is -1.20. The van der Waals surface area contributed by atoms with Crippen molar-refractivity contribution in [2.75, 3.05) is 0 Å². The predicted molar refractivity (Wildman–Crippen MR) is 75.3 cm³/mol. The van der Waals surface area contributed by atoms with Crippen LogP contribution in [0.3, 0.4) is 0 Å². The number of hydrogen-bond acceptors (Lipinski definition) is 4. The first kappa shape index (κ1) is 12.8. The Balaban J connectivity index is 1.68. The van der Waals surface area contributed by atoms with E-state index in [1.807, 2.05) is 16.9 Å². The summed E-state index contributed by atoms with van der Waals surface area (Å²) in [5, 5.41) is 17.2. The molecule has 1 saturated carbocycles. The Bertz CT molecular complexity index is 540. The lowest BCUT2D eigenvalue weighted by atomic mass is 10.1. The largest absolute Gasteiger partial charge is 0.387 e. The van der Waals surface area contributed by atoms with Gasteiger partial charge in [-0.3, -0.25) is 4.68 Å². The fourth-order valence-corrected chi connectivity index (χ4v) is 3.59.